The molecule has 4 amide bonds. The molecule has 0 radical (unpaired) electrons. The summed E-state index contributed by atoms with van der Waals surface area (Å²) in [4.78, 5) is 103. The lowest BCUT2D eigenvalue weighted by Crippen LogP contribution is -2.51. The Kier molecular flexibility index (Phi) is 24.6. The average molecular weight is 1010 g/mol. The average Bonchev–Trinajstić information content (AvgIpc) is 3.17. The number of benzene rings is 3. The Labute approximate surface area is 418 Å². The maximum absolute atomic E-state index is 13.4. The van der Waals surface area contributed by atoms with Crippen molar-refractivity contribution in [3.63, 3.8) is 0 Å². The molecule has 3 aromatic carbocycles. The van der Waals surface area contributed by atoms with E-state index in [2.05, 4.69) is 0 Å². The topological polar surface area (TPSA) is 228 Å². The molecule has 0 bridgehead atoms. The van der Waals surface area contributed by atoms with Crippen LogP contribution in [0.4, 0.5) is 19.2 Å². The lowest BCUT2D eigenvalue weighted by Gasteiger charge is -2.36. The van der Waals surface area contributed by atoms with Crippen LogP contribution in [-0.4, -0.2) is 97.8 Å². The molecule has 4 atom stereocenters. The van der Waals surface area contributed by atoms with Gasteiger partial charge in [0, 0.05) is 13.8 Å². The van der Waals surface area contributed by atoms with Crippen LogP contribution in [0.3, 0.4) is 0 Å². The van der Waals surface area contributed by atoms with Gasteiger partial charge >= 0.3 is 48.3 Å². The molecule has 0 aromatic heterocycles. The number of amides is 4. The lowest BCUT2D eigenvalue weighted by atomic mass is 9.99. The Morgan fingerprint density at radius 3 is 1.01 bits per heavy atom. The number of esters is 3. The molecule has 0 spiro atoms. The van der Waals surface area contributed by atoms with Gasteiger partial charge in [0.15, 0.2) is 0 Å². The van der Waals surface area contributed by atoms with E-state index in [0.29, 0.717) is 20.9 Å². The first-order chi connectivity index (χ1) is 30.8. The van der Waals surface area contributed by atoms with Gasteiger partial charge in [0.25, 0.3) is 0 Å². The molecule has 1 N–H and O–H groups in total. The number of nitrogens with zero attached hydrogens (tertiary/aromatic N) is 2. The number of carbonyl (C=O) groups excluding carboxylic acids is 7. The molecule has 3 rings (SSSR count). The molecule has 20 heteroatoms. The van der Waals surface area contributed by atoms with Gasteiger partial charge in [-0.2, -0.15) is 27.0 Å². The lowest BCUT2D eigenvalue weighted by molar-refractivity contribution is -0.172. The maximum atomic E-state index is 13.4. The highest BCUT2D eigenvalue weighted by Gasteiger charge is 2.47. The van der Waals surface area contributed by atoms with Crippen molar-refractivity contribution in [2.75, 3.05) is 0 Å². The molecule has 0 saturated heterocycles. The van der Waals surface area contributed by atoms with Gasteiger partial charge in [-0.3, -0.25) is 9.59 Å². The van der Waals surface area contributed by atoms with Gasteiger partial charge in [-0.1, -0.05) is 91.0 Å². The zero-order valence-corrected chi connectivity index (χ0v) is 43.6. The smallest absolute Gasteiger partial charge is 0.420 e. The highest BCUT2D eigenvalue weighted by Crippen LogP contribution is 2.33. The van der Waals surface area contributed by atoms with E-state index in [0.717, 1.165) is 13.8 Å². The van der Waals surface area contributed by atoms with Crippen molar-refractivity contribution in [1.82, 2.24) is 9.80 Å². The van der Waals surface area contributed by atoms with Crippen LogP contribution in [0.25, 0.3) is 0 Å². The van der Waals surface area contributed by atoms with Crippen LogP contribution >= 0.6 is 27.0 Å². The minimum absolute atomic E-state index is 0. The van der Waals surface area contributed by atoms with E-state index < -0.39 is 94.9 Å². The summed E-state index contributed by atoms with van der Waals surface area (Å²) in [6, 6.07) is 22.0. The number of carboxylic acids is 1. The zero-order chi connectivity index (χ0) is 51.1. The third kappa shape index (κ3) is 22.6. The third-order valence-corrected chi connectivity index (χ3v) is 8.06. The Bertz CT molecular complexity index is 2110. The second-order valence-electron chi connectivity index (χ2n) is 18.9. The van der Waals surface area contributed by atoms with E-state index in [1.807, 2.05) is 6.07 Å². The molecular formula is C49H68N2O16S2. The fraction of sp³-hybridized carbons (Fsp3) is 0.469. The van der Waals surface area contributed by atoms with Gasteiger partial charge < -0.3 is 38.3 Å². The Morgan fingerprint density at radius 1 is 0.464 bits per heavy atom. The number of aliphatic carboxylic acids is 1. The molecule has 0 aliphatic carbocycles. The predicted molar refractivity (Wildman–Crippen MR) is 263 cm³/mol. The van der Waals surface area contributed by atoms with Crippen molar-refractivity contribution in [3.05, 3.63) is 108 Å². The van der Waals surface area contributed by atoms with Crippen molar-refractivity contribution < 1.29 is 76.6 Å². The Morgan fingerprint density at radius 2 is 0.739 bits per heavy atom. The summed E-state index contributed by atoms with van der Waals surface area (Å²) in [5.74, 6) is -4.20. The van der Waals surface area contributed by atoms with Crippen LogP contribution in [-0.2, 0) is 58.9 Å². The Hall–Kier alpha value is -6.28. The van der Waals surface area contributed by atoms with Crippen LogP contribution in [0.2, 0.25) is 0 Å². The zero-order valence-electron chi connectivity index (χ0n) is 41.6. The number of ether oxygens (including phenoxy) is 7. The molecular weight excluding hydrogens is 937 g/mol. The molecule has 18 nitrogen and oxygen atoms in total. The van der Waals surface area contributed by atoms with Crippen LogP contribution in [0.5, 0.6) is 0 Å². The first kappa shape index (κ1) is 62.7. The van der Waals surface area contributed by atoms with Gasteiger partial charge in [0.05, 0.1) is 0 Å². The van der Waals surface area contributed by atoms with Crippen molar-refractivity contribution in [3.8, 4) is 0 Å². The van der Waals surface area contributed by atoms with E-state index in [1.54, 1.807) is 156 Å². The SMILES string of the molecule is CC(=O)O[C@@H](C(=O)O)[C@@H](c1ccccc1)N(C(=O)OC(C)(C)C)C(=O)OC(C)(C)C.CC(=O)O[C@@H](C(=O)OCc1ccccc1)[C@@H](c1ccccc1)N(C(=O)OC(C)(C)C)C(=O)OC(C)(C)C.S.S. The highest BCUT2D eigenvalue weighted by atomic mass is 32.1. The fourth-order valence-corrected chi connectivity index (χ4v) is 5.73. The first-order valence-corrected chi connectivity index (χ1v) is 21.2. The van der Waals surface area contributed by atoms with Gasteiger partial charge in [-0.15, -0.1) is 0 Å². The van der Waals surface area contributed by atoms with E-state index in [1.165, 1.54) is 12.1 Å². The van der Waals surface area contributed by atoms with Crippen molar-refractivity contribution in [1.29, 1.82) is 0 Å². The Balaban J connectivity index is 0.00000133. The summed E-state index contributed by atoms with van der Waals surface area (Å²) in [5, 5.41) is 9.72. The largest absolute Gasteiger partial charge is 0.478 e. The molecule has 382 valence electrons. The number of rotatable bonds is 12. The molecule has 0 aliphatic heterocycles. The molecule has 3 aromatic rings. The van der Waals surface area contributed by atoms with Crippen LogP contribution in [0, 0.1) is 0 Å². The molecule has 0 unspecified atom stereocenters. The summed E-state index contributed by atoms with van der Waals surface area (Å²) in [5.41, 5.74) is -2.68. The predicted octanol–water partition coefficient (Wildman–Crippen LogP) is 9.72. The molecule has 0 fully saturated rings. The minimum atomic E-state index is -1.88. The highest BCUT2D eigenvalue weighted by molar-refractivity contribution is 7.59. The van der Waals surface area contributed by atoms with E-state index in [-0.39, 0.29) is 39.2 Å². The quantitative estimate of drug-likeness (QED) is 0.131. The van der Waals surface area contributed by atoms with Gasteiger partial charge in [-0.05, 0) is 99.8 Å². The second-order valence-corrected chi connectivity index (χ2v) is 18.9. The molecule has 0 saturated carbocycles. The molecule has 0 aliphatic rings. The number of hydrogen-bond acceptors (Lipinski definition) is 15. The number of carbonyl (C=O) groups is 8. The van der Waals surface area contributed by atoms with Crippen molar-refractivity contribution in [2.24, 2.45) is 0 Å². The van der Waals surface area contributed by atoms with Gasteiger partial charge in [-0.25, -0.2) is 38.6 Å². The second kappa shape index (κ2) is 27.0. The standard InChI is InChI=1S/C28H35NO8.C21H29NO8.2H2S/c1-19(30)35-23(24(31)34-18-20-14-10-8-11-15-20)22(21-16-12-9-13-17-21)29(25(32)36-27(2,3)4)26(33)37-28(5,6)7;1-13(23)28-16(17(24)25)15(14-11-9-8-10-12-14)22(18(26)29-20(2,3)4)19(27)30-21(5,6)7;;/h8-17,22-23H,18H2,1-7H3;8-12,15-16H,1-7H3,(H,24,25);2*1H2/t22-,23-;15-,16-;;/m11../s1. The summed E-state index contributed by atoms with van der Waals surface area (Å²) in [6.45, 7) is 21.4. The summed E-state index contributed by atoms with van der Waals surface area (Å²) in [6.07, 6.45) is -8.02. The van der Waals surface area contributed by atoms with Crippen LogP contribution < -0.4 is 0 Å². The van der Waals surface area contributed by atoms with Gasteiger partial charge in [0.1, 0.15) is 41.1 Å². The monoisotopic (exact) mass is 1000 g/mol. The number of imide groups is 2. The number of carboxylic acid groups (broad SMARTS) is 1. The van der Waals surface area contributed by atoms with Crippen molar-refractivity contribution >= 4 is 75.2 Å². The van der Waals surface area contributed by atoms with Crippen LogP contribution in [0.15, 0.2) is 91.0 Å². The van der Waals surface area contributed by atoms with E-state index in [4.69, 9.17) is 33.2 Å². The van der Waals surface area contributed by atoms with Crippen molar-refractivity contribution in [2.45, 2.75) is 150 Å². The fourth-order valence-electron chi connectivity index (χ4n) is 5.73. The van der Waals surface area contributed by atoms with E-state index >= 15 is 0 Å². The normalized spacial score (nSPS) is 12.9. The summed E-state index contributed by atoms with van der Waals surface area (Å²) >= 11 is 0. The summed E-state index contributed by atoms with van der Waals surface area (Å²) in [7, 11) is 0. The third-order valence-electron chi connectivity index (χ3n) is 8.06. The maximum Gasteiger partial charge on any atom is 0.420 e. The number of hydrogen-bond donors (Lipinski definition) is 1. The molecule has 69 heavy (non-hydrogen) atoms. The van der Waals surface area contributed by atoms with Crippen LogP contribution in [0.1, 0.15) is 126 Å². The van der Waals surface area contributed by atoms with E-state index in [9.17, 15) is 43.5 Å². The first-order valence-electron chi connectivity index (χ1n) is 21.2. The van der Waals surface area contributed by atoms with Gasteiger partial charge in [0.2, 0.25) is 12.2 Å². The summed E-state index contributed by atoms with van der Waals surface area (Å²) < 4.78 is 37.5. The molecule has 0 heterocycles. The minimum Gasteiger partial charge on any atom is -0.478 e.